The fourth-order valence-corrected chi connectivity index (χ4v) is 3.02. The number of hydrogen-bond donors (Lipinski definition) is 0. The van der Waals surface area contributed by atoms with Gasteiger partial charge in [0.1, 0.15) is 23.0 Å². The molecule has 7 nitrogen and oxygen atoms in total. The quantitative estimate of drug-likeness (QED) is 0.416. The Balaban J connectivity index is 1.50. The molecule has 2 aromatic heterocycles. The number of benzene rings is 2. The molecule has 0 saturated heterocycles. The Labute approximate surface area is 177 Å². The van der Waals surface area contributed by atoms with E-state index in [0.29, 0.717) is 30.6 Å². The molecule has 0 atom stereocenters. The van der Waals surface area contributed by atoms with Crippen LogP contribution >= 0.6 is 0 Å². The molecule has 4 aromatic rings. The Morgan fingerprint density at radius 3 is 2.32 bits per heavy atom. The molecule has 2 aromatic carbocycles. The van der Waals surface area contributed by atoms with Gasteiger partial charge in [0.2, 0.25) is 5.82 Å². The van der Waals surface area contributed by atoms with Crippen molar-refractivity contribution in [2.75, 3.05) is 7.11 Å². The van der Waals surface area contributed by atoms with Gasteiger partial charge in [-0.15, -0.1) is 0 Å². The summed E-state index contributed by atoms with van der Waals surface area (Å²) in [7, 11) is 1.63. The maximum Gasteiger partial charge on any atom is 0.394 e. The van der Waals surface area contributed by atoms with Crippen molar-refractivity contribution in [1.82, 2.24) is 19.7 Å². The van der Waals surface area contributed by atoms with Crippen molar-refractivity contribution in [3.05, 3.63) is 66.1 Å². The number of imidazole rings is 1. The number of ether oxygens (including phenoxy) is 2. The molecule has 160 valence electrons. The van der Waals surface area contributed by atoms with Crippen molar-refractivity contribution in [1.29, 1.82) is 0 Å². The summed E-state index contributed by atoms with van der Waals surface area (Å²) in [6.45, 7) is 3.21. The Hall–Kier alpha value is -3.75. The largest absolute Gasteiger partial charge is 0.497 e. The van der Waals surface area contributed by atoms with E-state index < -0.39 is 6.11 Å². The number of methoxy groups -OCH3 is 1. The van der Waals surface area contributed by atoms with Crippen molar-refractivity contribution < 1.29 is 22.8 Å². The van der Waals surface area contributed by atoms with Gasteiger partial charge in [-0.25, -0.2) is 4.98 Å². The second-order valence-corrected chi connectivity index (χ2v) is 7.01. The molecule has 2 heterocycles. The molecule has 0 unspecified atom stereocenters. The molecule has 0 bridgehead atoms. The molecule has 0 aliphatic heterocycles. The average molecular weight is 426 g/mol. The highest BCUT2D eigenvalue weighted by atomic mass is 19.3. The predicted molar refractivity (Wildman–Crippen MR) is 109 cm³/mol. The summed E-state index contributed by atoms with van der Waals surface area (Å²) in [5.74, 6) is 2.24. The Morgan fingerprint density at radius 1 is 1.00 bits per heavy atom. The molecular weight excluding hydrogens is 406 g/mol. The van der Waals surface area contributed by atoms with E-state index in [1.807, 2.05) is 42.0 Å². The second-order valence-electron chi connectivity index (χ2n) is 7.01. The summed E-state index contributed by atoms with van der Waals surface area (Å²) in [6.07, 6.45) is -1.40. The topological polar surface area (TPSA) is 75.2 Å². The highest BCUT2D eigenvalue weighted by Gasteiger charge is 2.23. The van der Waals surface area contributed by atoms with Gasteiger partial charge in [0.05, 0.1) is 7.11 Å². The molecule has 0 spiro atoms. The minimum Gasteiger partial charge on any atom is -0.497 e. The molecule has 4 rings (SSSR count). The fourth-order valence-electron chi connectivity index (χ4n) is 3.02. The van der Waals surface area contributed by atoms with Crippen molar-refractivity contribution in [3.63, 3.8) is 0 Å². The maximum atomic E-state index is 13.0. The molecular formula is C22H20F2N4O3. The van der Waals surface area contributed by atoms with E-state index in [1.165, 1.54) is 12.1 Å². The normalized spacial score (nSPS) is 11.5. The average Bonchev–Trinajstić information content (AvgIpc) is 3.35. The van der Waals surface area contributed by atoms with Gasteiger partial charge in [0, 0.05) is 25.2 Å². The lowest BCUT2D eigenvalue weighted by Gasteiger charge is -2.12. The molecule has 0 aliphatic carbocycles. The molecule has 0 amide bonds. The maximum absolute atomic E-state index is 13.0. The highest BCUT2D eigenvalue weighted by molar-refractivity contribution is 5.58. The van der Waals surface area contributed by atoms with Gasteiger partial charge in [-0.3, -0.25) is 0 Å². The molecule has 0 aliphatic rings. The smallest absolute Gasteiger partial charge is 0.394 e. The van der Waals surface area contributed by atoms with Crippen molar-refractivity contribution in [3.8, 4) is 34.5 Å². The summed E-state index contributed by atoms with van der Waals surface area (Å²) < 4.78 is 43.0. The minimum absolute atomic E-state index is 0.0490. The molecule has 0 N–H and O–H groups in total. The van der Waals surface area contributed by atoms with E-state index in [0.717, 1.165) is 17.1 Å². The van der Waals surface area contributed by atoms with Gasteiger partial charge in [0.25, 0.3) is 5.89 Å². The Kier molecular flexibility index (Phi) is 5.41. The summed E-state index contributed by atoms with van der Waals surface area (Å²) in [5, 5.41) is 3.97. The third-order valence-corrected chi connectivity index (χ3v) is 4.54. The number of alkyl halides is 2. The van der Waals surface area contributed by atoms with Gasteiger partial charge < -0.3 is 18.6 Å². The minimum atomic E-state index is -3.25. The van der Waals surface area contributed by atoms with E-state index in [2.05, 4.69) is 19.9 Å². The van der Waals surface area contributed by atoms with Crippen LogP contribution in [0, 0.1) is 6.92 Å². The van der Waals surface area contributed by atoms with E-state index in [-0.39, 0.29) is 11.6 Å². The fraction of sp³-hybridized carbons (Fsp3) is 0.227. The number of hydrogen-bond acceptors (Lipinski definition) is 6. The van der Waals surface area contributed by atoms with Gasteiger partial charge in [-0.2, -0.15) is 13.8 Å². The lowest BCUT2D eigenvalue weighted by atomic mass is 10.2. The van der Waals surface area contributed by atoms with Crippen LogP contribution in [-0.4, -0.2) is 32.9 Å². The first-order chi connectivity index (χ1) is 14.8. The van der Waals surface area contributed by atoms with Gasteiger partial charge in [-0.05, 0) is 48.9 Å². The molecule has 0 fully saturated rings. The van der Waals surface area contributed by atoms with Gasteiger partial charge >= 0.3 is 6.11 Å². The van der Waals surface area contributed by atoms with Crippen LogP contribution < -0.4 is 9.47 Å². The lowest BCUT2D eigenvalue weighted by Crippen LogP contribution is -2.18. The molecule has 0 radical (unpaired) electrons. The van der Waals surface area contributed by atoms with E-state index in [1.54, 1.807) is 19.2 Å². The summed E-state index contributed by atoms with van der Waals surface area (Å²) in [6, 6.07) is 13.8. The first-order valence-corrected chi connectivity index (χ1v) is 9.49. The summed E-state index contributed by atoms with van der Waals surface area (Å²) in [5.41, 5.74) is 2.26. The van der Waals surface area contributed by atoms with Crippen LogP contribution in [0.5, 0.6) is 11.5 Å². The first-order valence-electron chi connectivity index (χ1n) is 9.49. The number of nitrogens with zero attached hydrogens (tertiary/aromatic N) is 4. The molecule has 0 saturated carbocycles. The SMILES string of the molecule is COc1ccc(Cn2cc(-c3nc(-c4ccc(OC(C)(F)F)cc4)no3)nc2C)cc1. The third-order valence-electron chi connectivity index (χ3n) is 4.54. The van der Waals surface area contributed by atoms with Crippen LogP contribution in [0.2, 0.25) is 0 Å². The summed E-state index contributed by atoms with van der Waals surface area (Å²) >= 11 is 0. The van der Waals surface area contributed by atoms with Gasteiger partial charge in [0.15, 0.2) is 0 Å². The standard InChI is InChI=1S/C22H20F2N4O3/c1-14-25-19(13-28(14)12-15-4-8-17(29-3)9-5-15)21-26-20(27-31-21)16-6-10-18(11-7-16)30-22(2,23)24/h4-11,13H,12H2,1-3H3. The zero-order chi connectivity index (χ0) is 22.0. The van der Waals surface area contributed by atoms with Crippen molar-refractivity contribution >= 4 is 0 Å². The first kappa shape index (κ1) is 20.5. The number of aromatic nitrogens is 4. The molecule has 31 heavy (non-hydrogen) atoms. The van der Waals surface area contributed by atoms with Crippen molar-refractivity contribution in [2.24, 2.45) is 0 Å². The zero-order valence-electron chi connectivity index (χ0n) is 17.2. The monoisotopic (exact) mass is 426 g/mol. The van der Waals surface area contributed by atoms with Crippen LogP contribution in [0.1, 0.15) is 18.3 Å². The van der Waals surface area contributed by atoms with Gasteiger partial charge in [-0.1, -0.05) is 17.3 Å². The highest BCUT2D eigenvalue weighted by Crippen LogP contribution is 2.26. The number of halogens is 2. The Morgan fingerprint density at radius 2 is 1.68 bits per heavy atom. The van der Waals surface area contributed by atoms with Crippen LogP contribution in [-0.2, 0) is 6.54 Å². The Bertz CT molecular complexity index is 1160. The number of aryl methyl sites for hydroxylation is 1. The van der Waals surface area contributed by atoms with Crippen LogP contribution in [0.25, 0.3) is 23.0 Å². The second kappa shape index (κ2) is 8.17. The molecule has 9 heteroatoms. The van der Waals surface area contributed by atoms with E-state index >= 15 is 0 Å². The van der Waals surface area contributed by atoms with E-state index in [9.17, 15) is 8.78 Å². The van der Waals surface area contributed by atoms with Crippen LogP contribution in [0.15, 0.2) is 59.3 Å². The van der Waals surface area contributed by atoms with Crippen molar-refractivity contribution in [2.45, 2.75) is 26.5 Å². The van der Waals surface area contributed by atoms with Crippen LogP contribution in [0.3, 0.4) is 0 Å². The number of rotatable bonds is 7. The zero-order valence-corrected chi connectivity index (χ0v) is 17.2. The van der Waals surface area contributed by atoms with Crippen LogP contribution in [0.4, 0.5) is 8.78 Å². The predicted octanol–water partition coefficient (Wildman–Crippen LogP) is 4.96. The third kappa shape index (κ3) is 4.88. The summed E-state index contributed by atoms with van der Waals surface area (Å²) in [4.78, 5) is 8.89. The lowest BCUT2D eigenvalue weighted by molar-refractivity contribution is -0.158. The van der Waals surface area contributed by atoms with E-state index in [4.69, 9.17) is 9.26 Å².